The summed E-state index contributed by atoms with van der Waals surface area (Å²) in [4.78, 5) is 42.2. The Labute approximate surface area is 215 Å². The van der Waals surface area contributed by atoms with E-state index >= 15 is 0 Å². The van der Waals surface area contributed by atoms with Gasteiger partial charge in [0.15, 0.2) is 5.76 Å². The lowest BCUT2D eigenvalue weighted by Crippen LogP contribution is -2.49. The van der Waals surface area contributed by atoms with Crippen LogP contribution in [0.3, 0.4) is 0 Å². The molecular formula is C28H31FN4O4. The molecule has 9 heteroatoms. The van der Waals surface area contributed by atoms with E-state index < -0.39 is 5.91 Å². The molecular weight excluding hydrogens is 475 g/mol. The minimum atomic E-state index is -0.423. The molecule has 1 aromatic heterocycles. The van der Waals surface area contributed by atoms with E-state index in [4.69, 9.17) is 4.42 Å². The first kappa shape index (κ1) is 25.9. The van der Waals surface area contributed by atoms with Crippen molar-refractivity contribution in [2.45, 2.75) is 26.8 Å². The smallest absolute Gasteiger partial charge is 0.291 e. The van der Waals surface area contributed by atoms with E-state index in [9.17, 15) is 18.8 Å². The van der Waals surface area contributed by atoms with Crippen LogP contribution in [-0.4, -0.2) is 48.8 Å². The van der Waals surface area contributed by atoms with Crippen molar-refractivity contribution in [1.82, 2.24) is 10.2 Å². The molecule has 8 nitrogen and oxygen atoms in total. The third-order valence-electron chi connectivity index (χ3n) is 6.17. The number of nitrogens with zero attached hydrogens (tertiary/aromatic N) is 2. The molecule has 0 unspecified atom stereocenters. The van der Waals surface area contributed by atoms with E-state index in [-0.39, 0.29) is 29.9 Å². The SMILES string of the molecule is CC(C)CC(=O)N1CCN(c2ccc(NC(=O)c3ccco3)cc2C(=O)NCc2ccc(F)cc2)CC1. The maximum absolute atomic E-state index is 13.3. The van der Waals surface area contributed by atoms with Crippen LogP contribution in [0.1, 0.15) is 46.7 Å². The molecule has 0 radical (unpaired) electrons. The summed E-state index contributed by atoms with van der Waals surface area (Å²) in [6.07, 6.45) is 1.93. The summed E-state index contributed by atoms with van der Waals surface area (Å²) in [5, 5.41) is 5.65. The van der Waals surface area contributed by atoms with E-state index in [1.807, 2.05) is 18.7 Å². The van der Waals surface area contributed by atoms with Gasteiger partial charge in [-0.15, -0.1) is 0 Å². The number of halogens is 1. The number of hydrogen-bond donors (Lipinski definition) is 2. The van der Waals surface area contributed by atoms with Gasteiger partial charge in [-0.2, -0.15) is 0 Å². The third-order valence-corrected chi connectivity index (χ3v) is 6.17. The fourth-order valence-corrected chi connectivity index (χ4v) is 4.23. The number of amides is 3. The van der Waals surface area contributed by atoms with Gasteiger partial charge in [-0.25, -0.2) is 4.39 Å². The highest BCUT2D eigenvalue weighted by Gasteiger charge is 2.25. The summed E-state index contributed by atoms with van der Waals surface area (Å²) in [6, 6.07) is 14.3. The van der Waals surface area contributed by atoms with E-state index in [0.717, 1.165) is 5.56 Å². The fraction of sp³-hybridized carbons (Fsp3) is 0.321. The molecule has 2 N–H and O–H groups in total. The monoisotopic (exact) mass is 506 g/mol. The quantitative estimate of drug-likeness (QED) is 0.475. The Bertz CT molecular complexity index is 1230. The second-order valence-corrected chi connectivity index (χ2v) is 9.44. The lowest BCUT2D eigenvalue weighted by atomic mass is 10.1. The summed E-state index contributed by atoms with van der Waals surface area (Å²) in [5.74, 6) is -0.495. The van der Waals surface area contributed by atoms with E-state index in [1.54, 1.807) is 42.5 Å². The van der Waals surface area contributed by atoms with Crippen LogP contribution in [0.25, 0.3) is 0 Å². The zero-order chi connectivity index (χ0) is 26.4. The van der Waals surface area contributed by atoms with Crippen molar-refractivity contribution in [1.29, 1.82) is 0 Å². The Balaban J connectivity index is 1.52. The average Bonchev–Trinajstić information content (AvgIpc) is 3.43. The predicted molar refractivity (Wildman–Crippen MR) is 139 cm³/mol. The highest BCUT2D eigenvalue weighted by Crippen LogP contribution is 2.27. The molecule has 194 valence electrons. The van der Waals surface area contributed by atoms with E-state index in [0.29, 0.717) is 55.5 Å². The Kier molecular flexibility index (Phi) is 8.22. The molecule has 37 heavy (non-hydrogen) atoms. The van der Waals surface area contributed by atoms with Crippen LogP contribution < -0.4 is 15.5 Å². The predicted octanol–water partition coefficient (Wildman–Crippen LogP) is 4.30. The first-order valence-electron chi connectivity index (χ1n) is 12.3. The van der Waals surface area contributed by atoms with Crippen molar-refractivity contribution in [3.05, 3.63) is 83.6 Å². The Morgan fingerprint density at radius 3 is 2.35 bits per heavy atom. The lowest BCUT2D eigenvalue weighted by Gasteiger charge is -2.37. The van der Waals surface area contributed by atoms with Crippen molar-refractivity contribution in [3.8, 4) is 0 Å². The molecule has 1 aliphatic heterocycles. The molecule has 0 bridgehead atoms. The summed E-state index contributed by atoms with van der Waals surface area (Å²) >= 11 is 0. The molecule has 0 saturated carbocycles. The van der Waals surface area contributed by atoms with Crippen LogP contribution in [0.4, 0.5) is 15.8 Å². The zero-order valence-electron chi connectivity index (χ0n) is 21.0. The van der Waals surface area contributed by atoms with Gasteiger partial charge < -0.3 is 24.9 Å². The highest BCUT2D eigenvalue weighted by molar-refractivity contribution is 6.05. The zero-order valence-corrected chi connectivity index (χ0v) is 21.0. The summed E-state index contributed by atoms with van der Waals surface area (Å²) < 4.78 is 18.4. The number of benzene rings is 2. The number of rotatable bonds is 8. The Morgan fingerprint density at radius 2 is 1.70 bits per heavy atom. The van der Waals surface area contributed by atoms with Crippen LogP contribution in [-0.2, 0) is 11.3 Å². The van der Waals surface area contributed by atoms with Gasteiger partial charge >= 0.3 is 0 Å². The normalized spacial score (nSPS) is 13.5. The minimum Gasteiger partial charge on any atom is -0.459 e. The second kappa shape index (κ2) is 11.7. The van der Waals surface area contributed by atoms with Gasteiger partial charge in [-0.3, -0.25) is 14.4 Å². The number of nitrogens with one attached hydrogen (secondary N) is 2. The number of carbonyl (C=O) groups excluding carboxylic acids is 3. The molecule has 1 fully saturated rings. The summed E-state index contributed by atoms with van der Waals surface area (Å²) in [6.45, 7) is 6.58. The van der Waals surface area contributed by atoms with E-state index in [1.165, 1.54) is 18.4 Å². The molecule has 2 aromatic carbocycles. The van der Waals surface area contributed by atoms with Gasteiger partial charge in [0.1, 0.15) is 5.82 Å². The van der Waals surface area contributed by atoms with E-state index in [2.05, 4.69) is 15.5 Å². The number of hydrogen-bond acceptors (Lipinski definition) is 5. The number of furan rings is 1. The molecule has 3 amide bonds. The second-order valence-electron chi connectivity index (χ2n) is 9.44. The molecule has 1 saturated heterocycles. The number of anilines is 2. The lowest BCUT2D eigenvalue weighted by molar-refractivity contribution is -0.132. The van der Waals surface area contributed by atoms with Crippen LogP contribution >= 0.6 is 0 Å². The highest BCUT2D eigenvalue weighted by atomic mass is 19.1. The van der Waals surface area contributed by atoms with Crippen molar-refractivity contribution >= 4 is 29.1 Å². The molecule has 1 aliphatic rings. The molecule has 0 spiro atoms. The summed E-state index contributed by atoms with van der Waals surface area (Å²) in [7, 11) is 0. The van der Waals surface area contributed by atoms with Gasteiger partial charge in [-0.1, -0.05) is 26.0 Å². The van der Waals surface area contributed by atoms with Crippen molar-refractivity contribution in [3.63, 3.8) is 0 Å². The molecule has 3 aromatic rings. The number of carbonyl (C=O) groups is 3. The van der Waals surface area contributed by atoms with Gasteiger partial charge in [0.25, 0.3) is 11.8 Å². The van der Waals surface area contributed by atoms with Gasteiger partial charge in [0.05, 0.1) is 11.8 Å². The first-order chi connectivity index (χ1) is 17.8. The number of piperazine rings is 1. The van der Waals surface area contributed by atoms with Crippen LogP contribution in [0.2, 0.25) is 0 Å². The molecule has 4 rings (SSSR count). The van der Waals surface area contributed by atoms with Crippen molar-refractivity contribution < 1.29 is 23.2 Å². The third kappa shape index (κ3) is 6.75. The molecule has 0 atom stereocenters. The molecule has 0 aliphatic carbocycles. The van der Waals surface area contributed by atoms with Gasteiger partial charge in [0.2, 0.25) is 5.91 Å². The Hall–Kier alpha value is -4.14. The van der Waals surface area contributed by atoms with Gasteiger partial charge in [0, 0.05) is 50.5 Å². The van der Waals surface area contributed by atoms with Crippen LogP contribution in [0, 0.1) is 11.7 Å². The fourth-order valence-electron chi connectivity index (χ4n) is 4.23. The average molecular weight is 507 g/mol. The van der Waals surface area contributed by atoms with Crippen molar-refractivity contribution in [2.24, 2.45) is 5.92 Å². The largest absolute Gasteiger partial charge is 0.459 e. The topological polar surface area (TPSA) is 94.9 Å². The van der Waals surface area contributed by atoms with Crippen LogP contribution in [0.15, 0.2) is 65.3 Å². The first-order valence-corrected chi connectivity index (χ1v) is 12.3. The van der Waals surface area contributed by atoms with Gasteiger partial charge in [-0.05, 0) is 53.9 Å². The van der Waals surface area contributed by atoms with Crippen LogP contribution in [0.5, 0.6) is 0 Å². The summed E-state index contributed by atoms with van der Waals surface area (Å²) in [5.41, 5.74) is 2.31. The maximum Gasteiger partial charge on any atom is 0.291 e. The van der Waals surface area contributed by atoms with Crippen molar-refractivity contribution in [2.75, 3.05) is 36.4 Å². The minimum absolute atomic E-state index is 0.142. The Morgan fingerprint density at radius 1 is 0.973 bits per heavy atom. The standard InChI is InChI=1S/C28H31FN4O4/c1-19(2)16-26(34)33-13-11-32(12-14-33)24-10-9-22(31-28(36)25-4-3-15-37-25)17-23(24)27(35)30-18-20-5-7-21(29)8-6-20/h3-10,15,17,19H,11-14,16,18H2,1-2H3,(H,30,35)(H,31,36). The maximum atomic E-state index is 13.3. The molecule has 2 heterocycles.